The van der Waals surface area contributed by atoms with Gasteiger partial charge in [0.2, 0.25) is 8.32 Å². The van der Waals surface area contributed by atoms with E-state index in [0.29, 0.717) is 25.1 Å². The van der Waals surface area contributed by atoms with Gasteiger partial charge in [0, 0.05) is 12.1 Å². The quantitative estimate of drug-likeness (QED) is 0.261. The minimum Gasteiger partial charge on any atom is -0.465 e. The van der Waals surface area contributed by atoms with Gasteiger partial charge in [-0.2, -0.15) is 5.26 Å². The van der Waals surface area contributed by atoms with Gasteiger partial charge in [0.1, 0.15) is 5.60 Å². The summed E-state index contributed by atoms with van der Waals surface area (Å²) in [7, 11) is -2.46. The van der Waals surface area contributed by atoms with Gasteiger partial charge in [0.25, 0.3) is 0 Å². The summed E-state index contributed by atoms with van der Waals surface area (Å²) in [5, 5.41) is 28.7. The van der Waals surface area contributed by atoms with Crippen molar-refractivity contribution in [2.45, 2.75) is 103 Å². The van der Waals surface area contributed by atoms with Crippen molar-refractivity contribution in [1.82, 2.24) is 10.6 Å². The smallest absolute Gasteiger partial charge is 0.412 e. The number of piperidine rings is 1. The number of halogens is 1. The Balaban J connectivity index is 2.76. The van der Waals surface area contributed by atoms with Gasteiger partial charge in [-0.05, 0) is 62.5 Å². The number of hydrogen-bond donors (Lipinski definition) is 4. The lowest BCUT2D eigenvalue weighted by molar-refractivity contribution is 0.0380. The molecule has 2 amide bonds. The molecule has 1 fully saturated rings. The summed E-state index contributed by atoms with van der Waals surface area (Å²) in [6.07, 6.45) is -2.23. The minimum absolute atomic E-state index is 0.130. The van der Waals surface area contributed by atoms with Crippen molar-refractivity contribution in [2.75, 3.05) is 18.4 Å². The first kappa shape index (κ1) is 31.9. The zero-order valence-corrected chi connectivity index (χ0v) is 25.7. The van der Waals surface area contributed by atoms with E-state index < -0.39 is 37.7 Å². The van der Waals surface area contributed by atoms with Crippen LogP contribution in [0.15, 0.2) is 12.1 Å². The van der Waals surface area contributed by atoms with E-state index in [4.69, 9.17) is 20.8 Å². The molecule has 1 saturated heterocycles. The second-order valence-corrected chi connectivity index (χ2v) is 17.7. The van der Waals surface area contributed by atoms with Gasteiger partial charge >= 0.3 is 12.2 Å². The molecule has 0 aromatic heterocycles. The van der Waals surface area contributed by atoms with E-state index in [1.807, 2.05) is 0 Å². The van der Waals surface area contributed by atoms with Crippen LogP contribution in [0.2, 0.25) is 21.6 Å². The molecule has 38 heavy (non-hydrogen) atoms. The van der Waals surface area contributed by atoms with Crippen molar-refractivity contribution < 1.29 is 23.9 Å². The van der Waals surface area contributed by atoms with E-state index in [1.165, 1.54) is 6.07 Å². The first-order valence-electron chi connectivity index (χ1n) is 13.1. The number of rotatable bonds is 8. The Kier molecular flexibility index (Phi) is 10.3. The summed E-state index contributed by atoms with van der Waals surface area (Å²) >= 11 is 6.91. The number of benzene rings is 1. The Morgan fingerprint density at radius 2 is 1.76 bits per heavy atom. The molecule has 0 spiro atoms. The Hall–Kier alpha value is -2.32. The third kappa shape index (κ3) is 6.81. The van der Waals surface area contributed by atoms with Gasteiger partial charge in [-0.1, -0.05) is 53.1 Å². The van der Waals surface area contributed by atoms with Gasteiger partial charge in [-0.25, -0.2) is 9.59 Å². The van der Waals surface area contributed by atoms with Gasteiger partial charge in [0.05, 0.1) is 34.0 Å². The number of nitrogens with zero attached hydrogens (tertiary/aromatic N) is 1. The normalized spacial score (nSPS) is 20.4. The summed E-state index contributed by atoms with van der Waals surface area (Å²) in [4.78, 5) is 24.9. The van der Waals surface area contributed by atoms with Gasteiger partial charge in [0.15, 0.2) is 0 Å². The number of hydrogen-bond acceptors (Lipinski definition) is 6. The van der Waals surface area contributed by atoms with Crippen LogP contribution in [-0.4, -0.2) is 50.4 Å². The highest BCUT2D eigenvalue weighted by Gasteiger charge is 2.53. The molecule has 212 valence electrons. The SMILES string of the molecule is CC(C)[Si](O[C@@H]1CNCC[C@@]1(NC(=O)O)c1cc(C#N)cc(NC(=O)OC(C)(C)C)c1Cl)(C(C)C)C(C)C. The molecule has 0 aliphatic carbocycles. The van der Waals surface area contributed by atoms with E-state index in [-0.39, 0.29) is 32.9 Å². The Morgan fingerprint density at radius 3 is 2.24 bits per heavy atom. The number of nitrogens with one attached hydrogen (secondary N) is 3. The molecule has 4 N–H and O–H groups in total. The first-order chi connectivity index (χ1) is 17.5. The third-order valence-electron chi connectivity index (χ3n) is 7.28. The lowest BCUT2D eigenvalue weighted by Gasteiger charge is -2.52. The van der Waals surface area contributed by atoms with E-state index >= 15 is 0 Å². The molecule has 11 heteroatoms. The molecular weight excluding hydrogens is 524 g/mol. The molecule has 0 unspecified atom stereocenters. The molecule has 1 aliphatic rings. The predicted octanol–water partition coefficient (Wildman–Crippen LogP) is 6.58. The summed E-state index contributed by atoms with van der Waals surface area (Å²) in [6, 6.07) is 5.15. The minimum atomic E-state index is -2.46. The molecule has 1 aliphatic heterocycles. The molecule has 2 rings (SSSR count). The number of carboxylic acid groups (broad SMARTS) is 1. The van der Waals surface area contributed by atoms with Crippen LogP contribution >= 0.6 is 11.6 Å². The second kappa shape index (κ2) is 12.2. The summed E-state index contributed by atoms with van der Waals surface area (Å²) < 4.78 is 12.5. The molecule has 0 bridgehead atoms. The number of carbonyl (C=O) groups excluding carboxylic acids is 1. The molecule has 1 aromatic carbocycles. The fraction of sp³-hybridized carbons (Fsp3) is 0.667. The molecule has 2 atom stereocenters. The predicted molar refractivity (Wildman–Crippen MR) is 152 cm³/mol. The Bertz CT molecular complexity index is 1040. The average molecular weight is 567 g/mol. The second-order valence-electron chi connectivity index (χ2n) is 11.9. The van der Waals surface area contributed by atoms with Crippen LogP contribution < -0.4 is 16.0 Å². The highest BCUT2D eigenvalue weighted by atomic mass is 35.5. The molecule has 1 aromatic rings. The van der Waals surface area contributed by atoms with Gasteiger partial charge < -0.3 is 24.9 Å². The van der Waals surface area contributed by atoms with E-state index in [9.17, 15) is 20.0 Å². The van der Waals surface area contributed by atoms with Crippen LogP contribution in [0.4, 0.5) is 15.3 Å². The van der Waals surface area contributed by atoms with Gasteiger partial charge in [-0.3, -0.25) is 5.32 Å². The highest BCUT2D eigenvalue weighted by molar-refractivity contribution is 6.77. The molecule has 0 radical (unpaired) electrons. The van der Waals surface area contributed by atoms with Crippen LogP contribution in [-0.2, 0) is 14.7 Å². The van der Waals surface area contributed by atoms with Crippen LogP contribution in [0.25, 0.3) is 0 Å². The van der Waals surface area contributed by atoms with Crippen molar-refractivity contribution >= 4 is 37.8 Å². The fourth-order valence-corrected chi connectivity index (χ4v) is 11.8. The number of carbonyl (C=O) groups is 2. The van der Waals surface area contributed by atoms with Crippen molar-refractivity contribution in [3.8, 4) is 6.07 Å². The monoisotopic (exact) mass is 566 g/mol. The van der Waals surface area contributed by atoms with Crippen LogP contribution in [0.3, 0.4) is 0 Å². The lowest BCUT2D eigenvalue weighted by atomic mass is 9.78. The zero-order valence-electron chi connectivity index (χ0n) is 24.0. The van der Waals surface area contributed by atoms with Crippen LogP contribution in [0.1, 0.15) is 79.9 Å². The molecule has 9 nitrogen and oxygen atoms in total. The van der Waals surface area contributed by atoms with Crippen molar-refractivity contribution in [3.05, 3.63) is 28.3 Å². The molecule has 1 heterocycles. The maximum absolute atomic E-state index is 12.6. The zero-order chi connectivity index (χ0) is 29.1. The van der Waals surface area contributed by atoms with Crippen molar-refractivity contribution in [3.63, 3.8) is 0 Å². The number of nitriles is 1. The average Bonchev–Trinajstić information content (AvgIpc) is 2.77. The van der Waals surface area contributed by atoms with Crippen molar-refractivity contribution in [1.29, 1.82) is 5.26 Å². The molecular formula is C27H43ClN4O5Si. The van der Waals surface area contributed by atoms with Crippen LogP contribution in [0.5, 0.6) is 0 Å². The van der Waals surface area contributed by atoms with E-state index in [1.54, 1.807) is 26.8 Å². The maximum Gasteiger partial charge on any atom is 0.412 e. The fourth-order valence-electron chi connectivity index (χ4n) is 5.88. The number of anilines is 1. The van der Waals surface area contributed by atoms with E-state index in [0.717, 1.165) is 0 Å². The Labute approximate surface area is 232 Å². The maximum atomic E-state index is 12.6. The number of amides is 2. The van der Waals surface area contributed by atoms with Crippen LogP contribution in [0, 0.1) is 11.3 Å². The summed E-state index contributed by atoms with van der Waals surface area (Å²) in [5.74, 6) is 0. The largest absolute Gasteiger partial charge is 0.465 e. The summed E-state index contributed by atoms with van der Waals surface area (Å²) in [6.45, 7) is 19.1. The molecule has 0 saturated carbocycles. The topological polar surface area (TPSA) is 133 Å². The first-order valence-corrected chi connectivity index (χ1v) is 15.7. The standard InChI is InChI=1S/C27H43ClN4O5Si/c1-16(2)38(17(3)4,18(5)6)37-22-15-30-11-10-27(22,32-24(33)34)20-12-19(14-29)13-21(23(20)28)31-25(35)36-26(7,8)9/h12-13,16-18,22,30,32H,10-11,15H2,1-9H3,(H,31,35)(H,33,34)/t22-,27-/m1/s1. The third-order valence-corrected chi connectivity index (χ3v) is 13.8. The summed E-state index contributed by atoms with van der Waals surface area (Å²) in [5.41, 5.74) is -0.449. The Morgan fingerprint density at radius 1 is 1.18 bits per heavy atom. The lowest BCUT2D eigenvalue weighted by Crippen LogP contribution is -2.65. The van der Waals surface area contributed by atoms with E-state index in [2.05, 4.69) is 63.6 Å². The number of ether oxygens (including phenoxy) is 1. The van der Waals surface area contributed by atoms with Gasteiger partial charge in [-0.15, -0.1) is 0 Å². The highest BCUT2D eigenvalue weighted by Crippen LogP contribution is 2.47. The van der Waals surface area contributed by atoms with Crippen molar-refractivity contribution in [2.24, 2.45) is 0 Å².